The van der Waals surface area contributed by atoms with Crippen molar-refractivity contribution in [2.45, 2.75) is 0 Å². The Morgan fingerprint density at radius 3 is 2.65 bits per heavy atom. The average Bonchev–Trinajstić information content (AvgIpc) is 2.32. The summed E-state index contributed by atoms with van der Waals surface area (Å²) < 4.78 is 0. The zero-order chi connectivity index (χ0) is 12.3. The number of benzene rings is 1. The molecule has 2 N–H and O–H groups in total. The lowest BCUT2D eigenvalue weighted by molar-refractivity contribution is 0.0876. The molecule has 0 atom stereocenters. The van der Waals surface area contributed by atoms with Crippen molar-refractivity contribution in [3.63, 3.8) is 0 Å². The summed E-state index contributed by atoms with van der Waals surface area (Å²) in [7, 11) is 2.11. The van der Waals surface area contributed by atoms with Crippen LogP contribution in [-0.4, -0.2) is 55.4 Å². The number of rotatable bonds is 3. The molecule has 2 rings (SSSR count). The van der Waals surface area contributed by atoms with Gasteiger partial charge in [0.05, 0.1) is 6.54 Å². The van der Waals surface area contributed by atoms with Crippen LogP contribution in [0.15, 0.2) is 24.3 Å². The van der Waals surface area contributed by atoms with Gasteiger partial charge in [-0.25, -0.2) is 0 Å². The van der Waals surface area contributed by atoms with E-state index in [1.807, 2.05) is 12.1 Å². The average molecular weight is 233 g/mol. The number of carbonyl (C=O) groups is 1. The highest BCUT2D eigenvalue weighted by Gasteiger charge is 2.17. The molecule has 0 radical (unpaired) electrons. The van der Waals surface area contributed by atoms with Crippen LogP contribution in [0.25, 0.3) is 0 Å². The first-order valence-electron chi connectivity index (χ1n) is 5.95. The third kappa shape index (κ3) is 3.28. The van der Waals surface area contributed by atoms with Crippen molar-refractivity contribution in [3.05, 3.63) is 29.8 Å². The molecular weight excluding hydrogens is 214 g/mol. The molecular formula is C13H19N3O. The van der Waals surface area contributed by atoms with Crippen LogP contribution < -0.4 is 5.73 Å². The van der Waals surface area contributed by atoms with Gasteiger partial charge in [0.2, 0.25) is 0 Å². The molecule has 0 spiro atoms. The van der Waals surface area contributed by atoms with Crippen molar-refractivity contribution in [3.8, 4) is 0 Å². The second kappa shape index (κ2) is 5.29. The van der Waals surface area contributed by atoms with Gasteiger partial charge in [0, 0.05) is 37.4 Å². The summed E-state index contributed by atoms with van der Waals surface area (Å²) in [5, 5.41) is 0. The lowest BCUT2D eigenvalue weighted by Gasteiger charge is -2.31. The molecule has 17 heavy (non-hydrogen) atoms. The fourth-order valence-electron chi connectivity index (χ4n) is 2.01. The van der Waals surface area contributed by atoms with Gasteiger partial charge in [0.25, 0.3) is 0 Å². The number of hydrogen-bond donors (Lipinski definition) is 1. The van der Waals surface area contributed by atoms with Gasteiger partial charge < -0.3 is 10.6 Å². The molecule has 1 aliphatic heterocycles. The number of nitrogens with two attached hydrogens (primary N) is 1. The molecule has 92 valence electrons. The lowest BCUT2D eigenvalue weighted by atomic mass is 10.1. The number of piperazine rings is 1. The van der Waals surface area contributed by atoms with Crippen LogP contribution in [0.2, 0.25) is 0 Å². The molecule has 0 aliphatic carbocycles. The van der Waals surface area contributed by atoms with Crippen molar-refractivity contribution < 1.29 is 4.79 Å². The summed E-state index contributed by atoms with van der Waals surface area (Å²) >= 11 is 0. The van der Waals surface area contributed by atoms with E-state index in [2.05, 4.69) is 16.8 Å². The maximum Gasteiger partial charge on any atom is 0.176 e. The first kappa shape index (κ1) is 12.1. The van der Waals surface area contributed by atoms with Gasteiger partial charge in [0.1, 0.15) is 0 Å². The van der Waals surface area contributed by atoms with E-state index < -0.39 is 0 Å². The molecule has 0 saturated carbocycles. The summed E-state index contributed by atoms with van der Waals surface area (Å²) in [4.78, 5) is 16.5. The van der Waals surface area contributed by atoms with Crippen LogP contribution in [0.1, 0.15) is 10.4 Å². The maximum absolute atomic E-state index is 12.0. The van der Waals surface area contributed by atoms with Gasteiger partial charge >= 0.3 is 0 Å². The van der Waals surface area contributed by atoms with E-state index in [0.29, 0.717) is 17.8 Å². The lowest BCUT2D eigenvalue weighted by Crippen LogP contribution is -2.46. The Morgan fingerprint density at radius 2 is 2.00 bits per heavy atom. The molecule has 1 heterocycles. The Balaban J connectivity index is 1.93. The normalized spacial score (nSPS) is 18.2. The molecule has 4 nitrogen and oxygen atoms in total. The Hall–Kier alpha value is -1.39. The fraction of sp³-hybridized carbons (Fsp3) is 0.462. The predicted molar refractivity (Wildman–Crippen MR) is 69.1 cm³/mol. The van der Waals surface area contributed by atoms with Crippen molar-refractivity contribution >= 4 is 11.5 Å². The van der Waals surface area contributed by atoms with Gasteiger partial charge in [-0.2, -0.15) is 0 Å². The Labute approximate surface area is 102 Å². The summed E-state index contributed by atoms with van der Waals surface area (Å²) in [5.41, 5.74) is 7.03. The van der Waals surface area contributed by atoms with Gasteiger partial charge in [-0.1, -0.05) is 12.1 Å². The van der Waals surface area contributed by atoms with Crippen LogP contribution in [0.5, 0.6) is 0 Å². The summed E-state index contributed by atoms with van der Waals surface area (Å²) in [5.74, 6) is 0.154. The Kier molecular flexibility index (Phi) is 3.76. The highest BCUT2D eigenvalue weighted by molar-refractivity contribution is 5.98. The van der Waals surface area contributed by atoms with Crippen LogP contribution in [0, 0.1) is 0 Å². The minimum atomic E-state index is 0.154. The number of likely N-dealkylation sites (N-methyl/N-ethyl adjacent to an activating group) is 1. The number of anilines is 1. The van der Waals surface area contributed by atoms with Gasteiger partial charge in [-0.15, -0.1) is 0 Å². The smallest absolute Gasteiger partial charge is 0.176 e. The third-order valence-corrected chi connectivity index (χ3v) is 3.17. The molecule has 1 saturated heterocycles. The number of nitrogens with zero attached hydrogens (tertiary/aromatic N) is 2. The largest absolute Gasteiger partial charge is 0.399 e. The van der Waals surface area contributed by atoms with Crippen LogP contribution in [0.4, 0.5) is 5.69 Å². The van der Waals surface area contributed by atoms with Gasteiger partial charge in [0.15, 0.2) is 5.78 Å². The van der Waals surface area contributed by atoms with Gasteiger partial charge in [-0.3, -0.25) is 9.69 Å². The van der Waals surface area contributed by atoms with Gasteiger partial charge in [-0.05, 0) is 19.2 Å². The van der Waals surface area contributed by atoms with E-state index in [0.717, 1.165) is 26.2 Å². The molecule has 1 aromatic rings. The summed E-state index contributed by atoms with van der Waals surface area (Å²) in [6.45, 7) is 4.49. The fourth-order valence-corrected chi connectivity index (χ4v) is 2.01. The minimum Gasteiger partial charge on any atom is -0.399 e. The molecule has 0 bridgehead atoms. The molecule has 0 amide bonds. The predicted octanol–water partition coefficient (Wildman–Crippen LogP) is 0.699. The highest BCUT2D eigenvalue weighted by Crippen LogP contribution is 2.09. The number of carbonyl (C=O) groups excluding carboxylic acids is 1. The first-order chi connectivity index (χ1) is 8.15. The zero-order valence-corrected chi connectivity index (χ0v) is 10.2. The van der Waals surface area contributed by atoms with E-state index in [9.17, 15) is 4.79 Å². The molecule has 0 unspecified atom stereocenters. The molecule has 0 aromatic heterocycles. The summed E-state index contributed by atoms with van der Waals surface area (Å²) in [6, 6.07) is 7.20. The molecule has 1 aromatic carbocycles. The van der Waals surface area contributed by atoms with E-state index in [-0.39, 0.29) is 5.78 Å². The van der Waals surface area contributed by atoms with Crippen molar-refractivity contribution in [1.29, 1.82) is 0 Å². The van der Waals surface area contributed by atoms with E-state index >= 15 is 0 Å². The first-order valence-corrected chi connectivity index (χ1v) is 5.95. The number of nitrogen functional groups attached to an aromatic ring is 1. The highest BCUT2D eigenvalue weighted by atomic mass is 16.1. The summed E-state index contributed by atoms with van der Waals surface area (Å²) in [6.07, 6.45) is 0. The van der Waals surface area contributed by atoms with Crippen molar-refractivity contribution in [2.24, 2.45) is 0 Å². The second-order valence-electron chi connectivity index (χ2n) is 4.63. The number of ketones is 1. The third-order valence-electron chi connectivity index (χ3n) is 3.17. The molecule has 1 aliphatic rings. The quantitative estimate of drug-likeness (QED) is 0.617. The topological polar surface area (TPSA) is 49.6 Å². The van der Waals surface area contributed by atoms with E-state index in [1.165, 1.54) is 0 Å². The number of Topliss-reactive ketones (excluding diaryl/α,β-unsaturated/α-hetero) is 1. The van der Waals surface area contributed by atoms with Crippen molar-refractivity contribution in [1.82, 2.24) is 9.80 Å². The minimum absolute atomic E-state index is 0.154. The van der Waals surface area contributed by atoms with Crippen LogP contribution in [0.3, 0.4) is 0 Å². The van der Waals surface area contributed by atoms with Crippen molar-refractivity contribution in [2.75, 3.05) is 45.5 Å². The zero-order valence-electron chi connectivity index (χ0n) is 10.2. The molecule has 1 fully saturated rings. The molecule has 4 heteroatoms. The SMILES string of the molecule is CN1CCN(CC(=O)c2cccc(N)c2)CC1. The van der Waals surface area contributed by atoms with Crippen LogP contribution in [-0.2, 0) is 0 Å². The van der Waals surface area contributed by atoms with E-state index in [4.69, 9.17) is 5.73 Å². The standard InChI is InChI=1S/C13H19N3O/c1-15-5-7-16(8-6-15)10-13(17)11-3-2-4-12(14)9-11/h2-4,9H,5-8,10,14H2,1H3. The second-order valence-corrected chi connectivity index (χ2v) is 4.63. The Morgan fingerprint density at radius 1 is 1.29 bits per heavy atom. The number of hydrogen-bond acceptors (Lipinski definition) is 4. The van der Waals surface area contributed by atoms with Crippen LogP contribution >= 0.6 is 0 Å². The van der Waals surface area contributed by atoms with E-state index in [1.54, 1.807) is 12.1 Å². The Bertz CT molecular complexity index is 397. The monoisotopic (exact) mass is 233 g/mol. The maximum atomic E-state index is 12.0.